The quantitative estimate of drug-likeness (QED) is 0.804. The number of hydrogen-bond donors (Lipinski definition) is 1. The molecule has 1 unspecified atom stereocenters. The molecule has 0 aliphatic carbocycles. The van der Waals surface area contributed by atoms with Crippen LogP contribution in [0.1, 0.15) is 34.0 Å². The van der Waals surface area contributed by atoms with E-state index >= 15 is 0 Å². The van der Waals surface area contributed by atoms with Crippen molar-refractivity contribution in [2.75, 3.05) is 0 Å². The Morgan fingerprint density at radius 2 is 2.27 bits per heavy atom. The minimum atomic E-state index is -0.247. The third-order valence-corrected chi connectivity index (χ3v) is 4.73. The molecule has 0 aliphatic rings. The van der Waals surface area contributed by atoms with Crippen LogP contribution < -0.4 is 10.9 Å². The first-order valence-corrected chi connectivity index (χ1v) is 7.59. The van der Waals surface area contributed by atoms with Crippen LogP contribution in [0.5, 0.6) is 0 Å². The van der Waals surface area contributed by atoms with E-state index in [1.807, 2.05) is 6.92 Å². The maximum absolute atomic E-state index is 12.5. The number of carbonyl (C=O) groups is 1. The molecular formula is C15H15N3O3S. The van der Waals surface area contributed by atoms with E-state index in [0.29, 0.717) is 26.4 Å². The maximum atomic E-state index is 12.5. The monoisotopic (exact) mass is 317 g/mol. The summed E-state index contributed by atoms with van der Waals surface area (Å²) in [6.45, 7) is 3.62. The van der Waals surface area contributed by atoms with E-state index in [0.717, 1.165) is 0 Å². The Morgan fingerprint density at radius 3 is 2.95 bits per heavy atom. The Kier molecular flexibility index (Phi) is 3.58. The number of carbonyl (C=O) groups excluding carboxylic acids is 1. The standard InChI is InChI=1S/C15H15N3O3S/c1-8-11-14(16-7-18(3)15(11)20)22-12(8)13(19)17-9(2)10-5-4-6-21-10/h4-7,9H,1-3H3,(H,17,19). The van der Waals surface area contributed by atoms with Crippen LogP contribution in [0.3, 0.4) is 0 Å². The maximum Gasteiger partial charge on any atom is 0.262 e. The van der Waals surface area contributed by atoms with Gasteiger partial charge in [0.1, 0.15) is 10.6 Å². The second-order valence-electron chi connectivity index (χ2n) is 5.11. The number of furan rings is 1. The number of nitrogens with zero attached hydrogens (tertiary/aromatic N) is 2. The number of aryl methyl sites for hydroxylation is 2. The van der Waals surface area contributed by atoms with E-state index in [2.05, 4.69) is 10.3 Å². The summed E-state index contributed by atoms with van der Waals surface area (Å²) in [6, 6.07) is 3.33. The van der Waals surface area contributed by atoms with E-state index in [1.54, 1.807) is 32.4 Å². The summed E-state index contributed by atoms with van der Waals surface area (Å²) in [5, 5.41) is 3.38. The van der Waals surface area contributed by atoms with Gasteiger partial charge in [0.25, 0.3) is 11.5 Å². The lowest BCUT2D eigenvalue weighted by Gasteiger charge is -2.10. The van der Waals surface area contributed by atoms with Crippen LogP contribution in [0.4, 0.5) is 0 Å². The molecule has 3 rings (SSSR count). The van der Waals surface area contributed by atoms with Crippen LogP contribution in [0, 0.1) is 6.92 Å². The van der Waals surface area contributed by atoms with Crippen molar-refractivity contribution < 1.29 is 9.21 Å². The van der Waals surface area contributed by atoms with E-state index < -0.39 is 0 Å². The zero-order valence-corrected chi connectivity index (χ0v) is 13.2. The topological polar surface area (TPSA) is 77.1 Å². The number of rotatable bonds is 3. The van der Waals surface area contributed by atoms with Gasteiger partial charge in [-0.1, -0.05) is 0 Å². The van der Waals surface area contributed by atoms with Crippen molar-refractivity contribution in [1.82, 2.24) is 14.9 Å². The lowest BCUT2D eigenvalue weighted by molar-refractivity contribution is 0.0939. The van der Waals surface area contributed by atoms with Gasteiger partial charge in [-0.2, -0.15) is 0 Å². The Balaban J connectivity index is 1.96. The van der Waals surface area contributed by atoms with Gasteiger partial charge in [0, 0.05) is 7.05 Å². The lowest BCUT2D eigenvalue weighted by atomic mass is 10.2. The van der Waals surface area contributed by atoms with Gasteiger partial charge in [-0.25, -0.2) is 4.98 Å². The molecule has 0 spiro atoms. The molecule has 0 radical (unpaired) electrons. The summed E-state index contributed by atoms with van der Waals surface area (Å²) in [4.78, 5) is 29.9. The first-order chi connectivity index (χ1) is 10.5. The highest BCUT2D eigenvalue weighted by Gasteiger charge is 2.21. The molecule has 0 aromatic carbocycles. The van der Waals surface area contributed by atoms with Crippen molar-refractivity contribution in [2.45, 2.75) is 19.9 Å². The van der Waals surface area contributed by atoms with Gasteiger partial charge in [-0.15, -0.1) is 11.3 Å². The van der Waals surface area contributed by atoms with Crippen LogP contribution in [0.15, 0.2) is 33.9 Å². The van der Waals surface area contributed by atoms with E-state index in [-0.39, 0.29) is 17.5 Å². The lowest BCUT2D eigenvalue weighted by Crippen LogP contribution is -2.26. The normalized spacial score (nSPS) is 12.5. The van der Waals surface area contributed by atoms with Crippen molar-refractivity contribution in [3.05, 3.63) is 51.3 Å². The van der Waals surface area contributed by atoms with Gasteiger partial charge in [-0.3, -0.25) is 9.59 Å². The third-order valence-electron chi connectivity index (χ3n) is 3.53. The second-order valence-corrected chi connectivity index (χ2v) is 6.11. The van der Waals surface area contributed by atoms with Gasteiger partial charge in [-0.05, 0) is 31.5 Å². The molecular weight excluding hydrogens is 302 g/mol. The minimum absolute atomic E-state index is 0.142. The molecule has 22 heavy (non-hydrogen) atoms. The molecule has 0 fully saturated rings. The number of aromatic nitrogens is 2. The Hall–Kier alpha value is -2.41. The largest absolute Gasteiger partial charge is 0.467 e. The molecule has 0 saturated carbocycles. The predicted octanol–water partition coefficient (Wildman–Crippen LogP) is 2.39. The van der Waals surface area contributed by atoms with E-state index in [1.165, 1.54) is 22.2 Å². The molecule has 3 aromatic heterocycles. The zero-order chi connectivity index (χ0) is 15.9. The molecule has 1 N–H and O–H groups in total. The number of amides is 1. The van der Waals surface area contributed by atoms with Crippen molar-refractivity contribution in [3.63, 3.8) is 0 Å². The fourth-order valence-corrected chi connectivity index (χ4v) is 3.34. The van der Waals surface area contributed by atoms with Gasteiger partial charge < -0.3 is 14.3 Å². The number of nitrogens with one attached hydrogen (secondary N) is 1. The number of fused-ring (bicyclic) bond motifs is 1. The molecule has 3 heterocycles. The first-order valence-electron chi connectivity index (χ1n) is 6.78. The van der Waals surface area contributed by atoms with Crippen molar-refractivity contribution >= 4 is 27.5 Å². The van der Waals surface area contributed by atoms with Crippen LogP contribution in [-0.2, 0) is 7.05 Å². The van der Waals surface area contributed by atoms with Gasteiger partial charge in [0.15, 0.2) is 0 Å². The molecule has 6 nitrogen and oxygen atoms in total. The summed E-state index contributed by atoms with van der Waals surface area (Å²) >= 11 is 1.23. The molecule has 0 bridgehead atoms. The first kappa shape index (κ1) is 14.5. The van der Waals surface area contributed by atoms with Gasteiger partial charge >= 0.3 is 0 Å². The summed E-state index contributed by atoms with van der Waals surface area (Å²) in [5.74, 6) is 0.451. The van der Waals surface area contributed by atoms with Crippen LogP contribution in [0.2, 0.25) is 0 Å². The molecule has 0 saturated heterocycles. The van der Waals surface area contributed by atoms with Crippen LogP contribution in [0.25, 0.3) is 10.2 Å². The van der Waals surface area contributed by atoms with Crippen molar-refractivity contribution in [2.24, 2.45) is 7.05 Å². The van der Waals surface area contributed by atoms with Crippen molar-refractivity contribution in [3.8, 4) is 0 Å². The van der Waals surface area contributed by atoms with Gasteiger partial charge in [0.2, 0.25) is 0 Å². The highest BCUT2D eigenvalue weighted by atomic mass is 32.1. The van der Waals surface area contributed by atoms with Crippen LogP contribution >= 0.6 is 11.3 Å². The summed E-state index contributed by atoms with van der Waals surface area (Å²) in [6.07, 6.45) is 3.03. The molecule has 3 aromatic rings. The Bertz CT molecular complexity index is 893. The Morgan fingerprint density at radius 1 is 1.50 bits per heavy atom. The average molecular weight is 317 g/mol. The second kappa shape index (κ2) is 5.42. The summed E-state index contributed by atoms with van der Waals surface area (Å²) < 4.78 is 6.69. The summed E-state index contributed by atoms with van der Waals surface area (Å²) in [7, 11) is 1.64. The minimum Gasteiger partial charge on any atom is -0.467 e. The highest BCUT2D eigenvalue weighted by molar-refractivity contribution is 7.20. The van der Waals surface area contributed by atoms with Gasteiger partial charge in [0.05, 0.1) is 28.9 Å². The molecule has 1 atom stereocenters. The SMILES string of the molecule is Cc1c(C(=O)NC(C)c2ccco2)sc2ncn(C)c(=O)c12. The molecule has 1 amide bonds. The number of thiophene rings is 1. The number of hydrogen-bond acceptors (Lipinski definition) is 5. The predicted molar refractivity (Wildman–Crippen MR) is 84.2 cm³/mol. The van der Waals surface area contributed by atoms with E-state index in [9.17, 15) is 9.59 Å². The molecule has 0 aliphatic heterocycles. The average Bonchev–Trinajstić information content (AvgIpc) is 3.11. The smallest absolute Gasteiger partial charge is 0.262 e. The fraction of sp³-hybridized carbons (Fsp3) is 0.267. The van der Waals surface area contributed by atoms with E-state index in [4.69, 9.17) is 4.42 Å². The molecule has 7 heteroatoms. The molecule has 114 valence electrons. The van der Waals surface area contributed by atoms with Crippen molar-refractivity contribution in [1.29, 1.82) is 0 Å². The highest BCUT2D eigenvalue weighted by Crippen LogP contribution is 2.27. The Labute approximate surface area is 130 Å². The van der Waals surface area contributed by atoms with Crippen LogP contribution in [-0.4, -0.2) is 15.5 Å². The third kappa shape index (κ3) is 2.33. The summed E-state index contributed by atoms with van der Waals surface area (Å²) in [5.41, 5.74) is 0.523. The zero-order valence-electron chi connectivity index (χ0n) is 12.4. The fourth-order valence-electron chi connectivity index (χ4n) is 2.30.